The van der Waals surface area contributed by atoms with Crippen LogP contribution in [0.5, 0.6) is 11.8 Å². The maximum Gasteiger partial charge on any atom is 0.321 e. The molecule has 0 bridgehead atoms. The standard InChI is InChI=1S/C12H10BrClN2O/c1-8-4-10(2-3-11(8)14)17-12-15-6-9(5-13)7-16-12/h2-4,6-7H,5H2,1H3. The molecule has 1 aromatic carbocycles. The Morgan fingerprint density at radius 1 is 1.29 bits per heavy atom. The second kappa shape index (κ2) is 5.47. The lowest BCUT2D eigenvalue weighted by atomic mass is 10.2. The molecule has 1 aromatic heterocycles. The van der Waals surface area contributed by atoms with Crippen molar-refractivity contribution in [2.75, 3.05) is 0 Å². The summed E-state index contributed by atoms with van der Waals surface area (Å²) in [5.74, 6) is 0.679. The fraction of sp³-hybridized carbons (Fsp3) is 0.167. The summed E-state index contributed by atoms with van der Waals surface area (Å²) in [5, 5.41) is 1.45. The smallest absolute Gasteiger partial charge is 0.321 e. The van der Waals surface area contributed by atoms with E-state index in [1.807, 2.05) is 13.0 Å². The Hall–Kier alpha value is -1.13. The van der Waals surface area contributed by atoms with E-state index in [0.717, 1.165) is 16.5 Å². The fourth-order valence-electron chi connectivity index (χ4n) is 1.25. The number of benzene rings is 1. The van der Waals surface area contributed by atoms with Crippen LogP contribution in [-0.4, -0.2) is 9.97 Å². The molecular formula is C12H10BrClN2O. The third-order valence-electron chi connectivity index (χ3n) is 2.17. The van der Waals surface area contributed by atoms with Gasteiger partial charge in [0, 0.05) is 22.7 Å². The van der Waals surface area contributed by atoms with Gasteiger partial charge in [0.15, 0.2) is 0 Å². The van der Waals surface area contributed by atoms with Crippen LogP contribution in [0.2, 0.25) is 5.02 Å². The number of rotatable bonds is 3. The summed E-state index contributed by atoms with van der Waals surface area (Å²) in [6.07, 6.45) is 3.44. The van der Waals surface area contributed by atoms with Gasteiger partial charge in [-0.15, -0.1) is 0 Å². The van der Waals surface area contributed by atoms with Crippen molar-refractivity contribution in [1.82, 2.24) is 9.97 Å². The number of ether oxygens (including phenoxy) is 1. The fourth-order valence-corrected chi connectivity index (χ4v) is 1.66. The maximum atomic E-state index is 5.93. The lowest BCUT2D eigenvalue weighted by Gasteiger charge is -2.05. The Morgan fingerprint density at radius 2 is 2.00 bits per heavy atom. The Labute approximate surface area is 113 Å². The van der Waals surface area contributed by atoms with Gasteiger partial charge in [0.25, 0.3) is 0 Å². The SMILES string of the molecule is Cc1cc(Oc2ncc(CBr)cn2)ccc1Cl. The number of aryl methyl sites for hydroxylation is 1. The van der Waals surface area contributed by atoms with E-state index in [1.54, 1.807) is 24.5 Å². The van der Waals surface area contributed by atoms with E-state index >= 15 is 0 Å². The molecule has 0 atom stereocenters. The van der Waals surface area contributed by atoms with Gasteiger partial charge < -0.3 is 4.74 Å². The van der Waals surface area contributed by atoms with Crippen molar-refractivity contribution in [2.45, 2.75) is 12.3 Å². The van der Waals surface area contributed by atoms with Gasteiger partial charge in [0.2, 0.25) is 0 Å². The molecule has 2 rings (SSSR count). The number of halogens is 2. The average molecular weight is 314 g/mol. The monoisotopic (exact) mass is 312 g/mol. The Bertz CT molecular complexity index is 516. The van der Waals surface area contributed by atoms with Gasteiger partial charge in [-0.1, -0.05) is 27.5 Å². The van der Waals surface area contributed by atoms with Gasteiger partial charge in [-0.2, -0.15) is 0 Å². The molecule has 0 saturated heterocycles. The zero-order valence-corrected chi connectivity index (χ0v) is 11.5. The summed E-state index contributed by atoms with van der Waals surface area (Å²) >= 11 is 9.26. The van der Waals surface area contributed by atoms with E-state index in [1.165, 1.54) is 0 Å². The van der Waals surface area contributed by atoms with Crippen molar-refractivity contribution in [1.29, 1.82) is 0 Å². The predicted molar refractivity (Wildman–Crippen MR) is 70.9 cm³/mol. The minimum atomic E-state index is 0.330. The molecule has 0 fully saturated rings. The van der Waals surface area contributed by atoms with Crippen molar-refractivity contribution in [3.8, 4) is 11.8 Å². The third-order valence-corrected chi connectivity index (χ3v) is 3.25. The molecule has 88 valence electrons. The number of alkyl halides is 1. The van der Waals surface area contributed by atoms with Gasteiger partial charge in [0.1, 0.15) is 5.75 Å². The third kappa shape index (κ3) is 3.17. The molecule has 0 unspecified atom stereocenters. The molecule has 1 heterocycles. The van der Waals surface area contributed by atoms with Crippen LogP contribution in [-0.2, 0) is 5.33 Å². The van der Waals surface area contributed by atoms with Crippen LogP contribution < -0.4 is 4.74 Å². The molecule has 0 amide bonds. The first kappa shape index (κ1) is 12.3. The second-order valence-corrected chi connectivity index (χ2v) is 4.49. The molecule has 0 aliphatic rings. The summed E-state index contributed by atoms with van der Waals surface area (Å²) in [6, 6.07) is 5.76. The lowest BCUT2D eigenvalue weighted by molar-refractivity contribution is 0.441. The minimum Gasteiger partial charge on any atom is -0.424 e. The Morgan fingerprint density at radius 3 is 2.59 bits per heavy atom. The zero-order valence-electron chi connectivity index (χ0n) is 9.15. The first-order valence-corrected chi connectivity index (χ1v) is 6.50. The number of nitrogens with zero attached hydrogens (tertiary/aromatic N) is 2. The van der Waals surface area contributed by atoms with E-state index in [4.69, 9.17) is 16.3 Å². The molecule has 3 nitrogen and oxygen atoms in total. The Balaban J connectivity index is 2.16. The average Bonchev–Trinajstić information content (AvgIpc) is 2.35. The maximum absolute atomic E-state index is 5.93. The van der Waals surface area contributed by atoms with Gasteiger partial charge >= 0.3 is 6.01 Å². The summed E-state index contributed by atoms with van der Waals surface area (Å²) in [4.78, 5) is 8.20. The summed E-state index contributed by atoms with van der Waals surface area (Å²) < 4.78 is 5.52. The molecule has 0 saturated carbocycles. The highest BCUT2D eigenvalue weighted by Crippen LogP contribution is 2.23. The quantitative estimate of drug-likeness (QED) is 0.799. The van der Waals surface area contributed by atoms with Crippen molar-refractivity contribution < 1.29 is 4.74 Å². The van der Waals surface area contributed by atoms with Crippen LogP contribution >= 0.6 is 27.5 Å². The normalized spacial score (nSPS) is 10.3. The number of hydrogen-bond acceptors (Lipinski definition) is 3. The number of aromatic nitrogens is 2. The second-order valence-electron chi connectivity index (χ2n) is 3.52. The highest BCUT2D eigenvalue weighted by Gasteiger charge is 2.02. The highest BCUT2D eigenvalue weighted by atomic mass is 79.9. The first-order valence-electron chi connectivity index (χ1n) is 5.00. The number of hydrogen-bond donors (Lipinski definition) is 0. The van der Waals surface area contributed by atoms with E-state index in [-0.39, 0.29) is 0 Å². The molecule has 17 heavy (non-hydrogen) atoms. The van der Waals surface area contributed by atoms with Gasteiger partial charge in [0.05, 0.1) is 0 Å². The van der Waals surface area contributed by atoms with Gasteiger partial charge in [-0.3, -0.25) is 0 Å². The van der Waals surface area contributed by atoms with E-state index in [0.29, 0.717) is 16.8 Å². The molecular weight excluding hydrogens is 304 g/mol. The van der Waals surface area contributed by atoms with Crippen molar-refractivity contribution in [2.24, 2.45) is 0 Å². The highest BCUT2D eigenvalue weighted by molar-refractivity contribution is 9.08. The molecule has 0 N–H and O–H groups in total. The topological polar surface area (TPSA) is 35.0 Å². The minimum absolute atomic E-state index is 0.330. The molecule has 0 radical (unpaired) electrons. The molecule has 5 heteroatoms. The first-order chi connectivity index (χ1) is 8.19. The van der Waals surface area contributed by atoms with Gasteiger partial charge in [-0.25, -0.2) is 9.97 Å². The predicted octanol–water partition coefficient (Wildman–Crippen LogP) is 4.13. The van der Waals surface area contributed by atoms with E-state index < -0.39 is 0 Å². The van der Waals surface area contributed by atoms with Crippen LogP contribution in [0.15, 0.2) is 30.6 Å². The van der Waals surface area contributed by atoms with Gasteiger partial charge in [-0.05, 0) is 36.2 Å². The zero-order chi connectivity index (χ0) is 12.3. The van der Waals surface area contributed by atoms with Crippen LogP contribution in [0.3, 0.4) is 0 Å². The largest absolute Gasteiger partial charge is 0.424 e. The molecule has 0 aliphatic heterocycles. The lowest BCUT2D eigenvalue weighted by Crippen LogP contribution is -1.93. The van der Waals surface area contributed by atoms with Crippen LogP contribution in [0.25, 0.3) is 0 Å². The molecule has 2 aromatic rings. The Kier molecular flexibility index (Phi) is 3.97. The van der Waals surface area contributed by atoms with Crippen molar-refractivity contribution in [3.63, 3.8) is 0 Å². The van der Waals surface area contributed by atoms with Crippen LogP contribution in [0, 0.1) is 6.92 Å². The molecule has 0 aliphatic carbocycles. The summed E-state index contributed by atoms with van der Waals surface area (Å²) in [5.41, 5.74) is 1.96. The van der Waals surface area contributed by atoms with E-state index in [9.17, 15) is 0 Å². The van der Waals surface area contributed by atoms with E-state index in [2.05, 4.69) is 25.9 Å². The van der Waals surface area contributed by atoms with Crippen molar-refractivity contribution in [3.05, 3.63) is 46.7 Å². The van der Waals surface area contributed by atoms with Crippen molar-refractivity contribution >= 4 is 27.5 Å². The summed E-state index contributed by atoms with van der Waals surface area (Å²) in [7, 11) is 0. The van der Waals surface area contributed by atoms with Crippen LogP contribution in [0.1, 0.15) is 11.1 Å². The molecule has 0 spiro atoms. The summed E-state index contributed by atoms with van der Waals surface area (Å²) in [6.45, 7) is 1.92. The van der Waals surface area contributed by atoms with Crippen LogP contribution in [0.4, 0.5) is 0 Å².